The van der Waals surface area contributed by atoms with Crippen LogP contribution in [0.25, 0.3) is 0 Å². The lowest BCUT2D eigenvalue weighted by molar-refractivity contribution is -0.155. The van der Waals surface area contributed by atoms with Gasteiger partial charge in [-0.1, -0.05) is 51.4 Å². The molecule has 1 heterocycles. The number of hydrogen-bond acceptors (Lipinski definition) is 3. The van der Waals surface area contributed by atoms with Gasteiger partial charge in [0.25, 0.3) is 0 Å². The molecule has 0 aromatic heterocycles. The van der Waals surface area contributed by atoms with Crippen LogP contribution in [0.4, 0.5) is 0 Å². The molecule has 0 spiro atoms. The van der Waals surface area contributed by atoms with Crippen molar-refractivity contribution in [2.45, 2.75) is 45.8 Å². The second-order valence-electron chi connectivity index (χ2n) is 7.53. The van der Waals surface area contributed by atoms with Crippen molar-refractivity contribution >= 4 is 17.5 Å². The molecule has 1 aromatic rings. The third-order valence-electron chi connectivity index (χ3n) is 5.09. The van der Waals surface area contributed by atoms with Crippen molar-refractivity contribution in [2.24, 2.45) is 17.1 Å². The molecule has 5 heteroatoms. The summed E-state index contributed by atoms with van der Waals surface area (Å²) in [4.78, 5) is 14.3. The van der Waals surface area contributed by atoms with Crippen LogP contribution in [0.3, 0.4) is 0 Å². The van der Waals surface area contributed by atoms with Gasteiger partial charge in [-0.05, 0) is 30.0 Å². The van der Waals surface area contributed by atoms with Gasteiger partial charge in [0.15, 0.2) is 0 Å². The number of nitrogens with zero attached hydrogens (tertiary/aromatic N) is 1. The molecule has 2 atom stereocenters. The van der Waals surface area contributed by atoms with Crippen molar-refractivity contribution in [3.05, 3.63) is 34.9 Å². The smallest absolute Gasteiger partial charge is 0.239 e. The molecular weight excluding hydrogens is 312 g/mol. The molecule has 4 nitrogen and oxygen atoms in total. The first-order valence-corrected chi connectivity index (χ1v) is 8.49. The van der Waals surface area contributed by atoms with Crippen LogP contribution in [0.2, 0.25) is 5.02 Å². The summed E-state index contributed by atoms with van der Waals surface area (Å²) in [5, 5.41) is 11.9. The number of piperidine rings is 1. The van der Waals surface area contributed by atoms with Gasteiger partial charge < -0.3 is 15.7 Å². The number of hydrogen-bond donors (Lipinski definition) is 2. The van der Waals surface area contributed by atoms with Gasteiger partial charge in [-0.25, -0.2) is 0 Å². The van der Waals surface area contributed by atoms with E-state index in [4.69, 9.17) is 17.3 Å². The van der Waals surface area contributed by atoms with Crippen molar-refractivity contribution < 1.29 is 9.90 Å². The number of nitrogens with two attached hydrogens (primary N) is 1. The van der Waals surface area contributed by atoms with E-state index in [-0.39, 0.29) is 11.8 Å². The van der Waals surface area contributed by atoms with Gasteiger partial charge in [0, 0.05) is 23.5 Å². The first kappa shape index (κ1) is 18.2. The van der Waals surface area contributed by atoms with Crippen molar-refractivity contribution in [2.75, 3.05) is 13.1 Å². The largest absolute Gasteiger partial charge is 0.384 e. The van der Waals surface area contributed by atoms with E-state index in [1.165, 1.54) is 0 Å². The first-order chi connectivity index (χ1) is 10.6. The van der Waals surface area contributed by atoms with Crippen LogP contribution < -0.4 is 5.73 Å². The Morgan fingerprint density at radius 2 is 1.87 bits per heavy atom. The van der Waals surface area contributed by atoms with Crippen molar-refractivity contribution in [1.29, 1.82) is 0 Å². The van der Waals surface area contributed by atoms with Crippen LogP contribution in [0.15, 0.2) is 24.3 Å². The van der Waals surface area contributed by atoms with Gasteiger partial charge in [-0.15, -0.1) is 0 Å². The Morgan fingerprint density at radius 1 is 1.30 bits per heavy atom. The summed E-state index contributed by atoms with van der Waals surface area (Å²) in [6.45, 7) is 8.85. The van der Waals surface area contributed by atoms with Crippen LogP contribution in [0.5, 0.6) is 0 Å². The number of carbonyl (C=O) groups is 1. The van der Waals surface area contributed by atoms with Gasteiger partial charge in [0.05, 0.1) is 11.6 Å². The van der Waals surface area contributed by atoms with E-state index in [0.717, 1.165) is 5.56 Å². The molecule has 0 aliphatic carbocycles. The zero-order chi connectivity index (χ0) is 17.4. The molecule has 1 unspecified atom stereocenters. The van der Waals surface area contributed by atoms with Crippen LogP contribution >= 0.6 is 11.6 Å². The molecule has 3 N–H and O–H groups in total. The van der Waals surface area contributed by atoms with Gasteiger partial charge in [0.1, 0.15) is 0 Å². The Hall–Kier alpha value is -1.10. The summed E-state index contributed by atoms with van der Waals surface area (Å²) in [6.07, 6.45) is 0.484. The van der Waals surface area contributed by atoms with E-state index in [9.17, 15) is 9.90 Å². The van der Waals surface area contributed by atoms with Crippen molar-refractivity contribution in [1.82, 2.24) is 4.90 Å². The van der Waals surface area contributed by atoms with Crippen LogP contribution in [0, 0.1) is 11.3 Å². The first-order valence-electron chi connectivity index (χ1n) is 8.11. The van der Waals surface area contributed by atoms with Gasteiger partial charge in [-0.2, -0.15) is 0 Å². The summed E-state index contributed by atoms with van der Waals surface area (Å²) in [5.41, 5.74) is 5.38. The van der Waals surface area contributed by atoms with E-state index in [0.29, 0.717) is 24.5 Å². The quantitative estimate of drug-likeness (QED) is 0.890. The molecule has 1 amide bonds. The van der Waals surface area contributed by atoms with Gasteiger partial charge in [-0.3, -0.25) is 4.79 Å². The van der Waals surface area contributed by atoms with E-state index in [2.05, 4.69) is 0 Å². The van der Waals surface area contributed by atoms with Crippen molar-refractivity contribution in [3.8, 4) is 0 Å². The maximum atomic E-state index is 12.5. The highest BCUT2D eigenvalue weighted by Crippen LogP contribution is 2.46. The van der Waals surface area contributed by atoms with Crippen LogP contribution in [-0.2, 0) is 10.4 Å². The van der Waals surface area contributed by atoms with Crippen LogP contribution in [-0.4, -0.2) is 35.0 Å². The lowest BCUT2D eigenvalue weighted by atomic mass is 9.66. The fourth-order valence-corrected chi connectivity index (χ4v) is 3.39. The minimum absolute atomic E-state index is 0.0359. The molecule has 23 heavy (non-hydrogen) atoms. The predicted molar refractivity (Wildman–Crippen MR) is 93.1 cm³/mol. The second-order valence-corrected chi connectivity index (χ2v) is 7.97. The van der Waals surface area contributed by atoms with E-state index in [1.54, 1.807) is 17.0 Å². The topological polar surface area (TPSA) is 66.6 Å². The Morgan fingerprint density at radius 3 is 2.35 bits per heavy atom. The second kappa shape index (κ2) is 6.42. The number of benzene rings is 1. The number of halogens is 1. The lowest BCUT2D eigenvalue weighted by Crippen LogP contribution is -2.59. The summed E-state index contributed by atoms with van der Waals surface area (Å²) < 4.78 is 0. The number of rotatable bonds is 3. The molecular formula is C18H27ClN2O2. The number of amides is 1. The zero-order valence-corrected chi connectivity index (χ0v) is 15.1. The monoisotopic (exact) mass is 338 g/mol. The zero-order valence-electron chi connectivity index (χ0n) is 14.3. The molecule has 128 valence electrons. The van der Waals surface area contributed by atoms with Gasteiger partial charge in [0.2, 0.25) is 5.91 Å². The fourth-order valence-electron chi connectivity index (χ4n) is 3.27. The standard InChI is InChI=1S/C18H27ClN2O2/c1-12(2)15(20)16(22)21-10-9-18(23,17(3,4)11-21)13-5-7-14(19)8-6-13/h5-8,12,15,23H,9-11,20H2,1-4H3/t15?,18-/m0/s1. The third-order valence-corrected chi connectivity index (χ3v) is 5.34. The van der Waals surface area contributed by atoms with Crippen molar-refractivity contribution in [3.63, 3.8) is 0 Å². The Kier molecular flexibility index (Phi) is 5.09. The molecule has 0 bridgehead atoms. The third kappa shape index (κ3) is 3.39. The number of aliphatic hydroxyl groups is 1. The number of likely N-dealkylation sites (tertiary alicyclic amines) is 1. The molecule has 0 saturated carbocycles. The Balaban J connectivity index is 2.23. The molecule has 1 aliphatic heterocycles. The lowest BCUT2D eigenvalue weighted by Gasteiger charge is -2.51. The molecule has 1 aromatic carbocycles. The molecule has 1 saturated heterocycles. The fraction of sp³-hybridized carbons (Fsp3) is 0.611. The van der Waals surface area contributed by atoms with E-state index < -0.39 is 17.1 Å². The molecule has 0 radical (unpaired) electrons. The highest BCUT2D eigenvalue weighted by Gasteiger charge is 2.50. The molecule has 1 fully saturated rings. The Labute approximate surface area is 143 Å². The van der Waals surface area contributed by atoms with Gasteiger partial charge >= 0.3 is 0 Å². The summed E-state index contributed by atoms with van der Waals surface area (Å²) in [7, 11) is 0. The number of carbonyl (C=O) groups excluding carboxylic acids is 1. The average molecular weight is 339 g/mol. The SMILES string of the molecule is CC(C)C(N)C(=O)N1CC[C@](O)(c2ccc(Cl)cc2)C(C)(C)C1. The molecule has 2 rings (SSSR count). The maximum Gasteiger partial charge on any atom is 0.239 e. The molecule has 1 aliphatic rings. The normalized spacial score (nSPS) is 25.5. The Bertz CT molecular complexity index is 571. The predicted octanol–water partition coefficient (Wildman–Crippen LogP) is 2.77. The van der Waals surface area contributed by atoms with E-state index in [1.807, 2.05) is 39.8 Å². The highest BCUT2D eigenvalue weighted by atomic mass is 35.5. The average Bonchev–Trinajstić information content (AvgIpc) is 2.49. The van der Waals surface area contributed by atoms with Crippen LogP contribution in [0.1, 0.15) is 39.7 Å². The van der Waals surface area contributed by atoms with E-state index >= 15 is 0 Å². The maximum absolute atomic E-state index is 12.5. The highest BCUT2D eigenvalue weighted by molar-refractivity contribution is 6.30. The summed E-state index contributed by atoms with van der Waals surface area (Å²) in [6, 6.07) is 6.81. The minimum Gasteiger partial charge on any atom is -0.384 e. The summed E-state index contributed by atoms with van der Waals surface area (Å²) in [5.74, 6) is 0.0638. The minimum atomic E-state index is -0.990. The summed E-state index contributed by atoms with van der Waals surface area (Å²) >= 11 is 5.95.